The van der Waals surface area contributed by atoms with Crippen molar-refractivity contribution in [1.29, 1.82) is 0 Å². The lowest BCUT2D eigenvalue weighted by molar-refractivity contribution is -0.663. The maximum atomic E-state index is 13.4. The van der Waals surface area contributed by atoms with Gasteiger partial charge in [-0.25, -0.2) is 4.57 Å². The lowest BCUT2D eigenvalue weighted by atomic mass is 9.99. The molecule has 6 rings (SSSR count). The Morgan fingerprint density at radius 1 is 0.933 bits per heavy atom. The number of rotatable bonds is 7. The average Bonchev–Trinajstić information content (AvgIpc) is 3.55. The number of nitrogens with zero attached hydrogens (tertiary/aromatic N) is 3. The molecular formula is C35H28N3O4S3+. The SMILES string of the molecule is C#Cn1c(=Cc2sc(-c3ccccc3)c(-c3ccccc3)[n+]2CS(=O)(=O)O)sc(=C/C=C2\C=CN(CC)c3ccccc32)c1=O. The fourth-order valence-electron chi connectivity index (χ4n) is 5.24. The number of hydrogen-bond donors (Lipinski definition) is 1. The van der Waals surface area contributed by atoms with Crippen LogP contribution in [0.1, 0.15) is 17.5 Å². The minimum absolute atomic E-state index is 0.349. The molecular weight excluding hydrogens is 623 g/mol. The topological polar surface area (TPSA) is 83.5 Å². The summed E-state index contributed by atoms with van der Waals surface area (Å²) in [4.78, 5) is 16.4. The van der Waals surface area contributed by atoms with Gasteiger partial charge in [0.2, 0.25) is 5.69 Å². The highest BCUT2D eigenvalue weighted by molar-refractivity contribution is 7.84. The van der Waals surface area contributed by atoms with Gasteiger partial charge < -0.3 is 4.90 Å². The molecule has 1 aliphatic heterocycles. The monoisotopic (exact) mass is 650 g/mol. The highest BCUT2D eigenvalue weighted by atomic mass is 32.2. The van der Waals surface area contributed by atoms with Crippen molar-refractivity contribution >= 4 is 56.2 Å². The molecule has 3 aromatic carbocycles. The van der Waals surface area contributed by atoms with Gasteiger partial charge >= 0.3 is 10.1 Å². The van der Waals surface area contributed by atoms with Gasteiger partial charge in [-0.2, -0.15) is 13.0 Å². The van der Waals surface area contributed by atoms with Gasteiger partial charge in [-0.3, -0.25) is 9.35 Å². The normalized spacial score (nSPS) is 14.6. The van der Waals surface area contributed by atoms with E-state index < -0.39 is 16.0 Å². The molecule has 0 aliphatic carbocycles. The Morgan fingerprint density at radius 3 is 2.27 bits per heavy atom. The molecule has 7 nitrogen and oxygen atoms in total. The van der Waals surface area contributed by atoms with Gasteiger partial charge in [0.05, 0.1) is 10.6 Å². The summed E-state index contributed by atoms with van der Waals surface area (Å²) in [6, 6.07) is 29.6. The third-order valence-electron chi connectivity index (χ3n) is 7.27. The molecule has 45 heavy (non-hydrogen) atoms. The number of anilines is 1. The molecule has 0 amide bonds. The van der Waals surface area contributed by atoms with Crippen LogP contribution in [0.3, 0.4) is 0 Å². The summed E-state index contributed by atoms with van der Waals surface area (Å²) in [7, 11) is -4.44. The quantitative estimate of drug-likeness (QED) is 0.154. The molecule has 0 fully saturated rings. The van der Waals surface area contributed by atoms with Crippen molar-refractivity contribution in [3.63, 3.8) is 0 Å². The molecule has 5 aromatic rings. The fourth-order valence-corrected chi connectivity index (χ4v) is 8.15. The minimum atomic E-state index is -4.44. The second-order valence-corrected chi connectivity index (χ2v) is 13.6. The predicted molar refractivity (Wildman–Crippen MR) is 184 cm³/mol. The molecule has 224 valence electrons. The first-order chi connectivity index (χ1) is 21.8. The summed E-state index contributed by atoms with van der Waals surface area (Å²) >= 11 is 2.57. The summed E-state index contributed by atoms with van der Waals surface area (Å²) < 4.78 is 38.3. The number of terminal acetylenes is 1. The second kappa shape index (κ2) is 12.7. The Hall–Kier alpha value is -4.79. The van der Waals surface area contributed by atoms with E-state index in [1.54, 1.807) is 16.7 Å². The molecule has 0 atom stereocenters. The smallest absolute Gasteiger partial charge is 0.326 e. The summed E-state index contributed by atoms with van der Waals surface area (Å²) in [5.41, 5.74) is 5.05. The summed E-state index contributed by atoms with van der Waals surface area (Å²) in [6.07, 6.45) is 15.2. The number of thiazole rings is 2. The van der Waals surface area contributed by atoms with E-state index in [1.807, 2.05) is 97.2 Å². The van der Waals surface area contributed by atoms with Gasteiger partial charge in [-0.15, -0.1) is 11.3 Å². The van der Waals surface area contributed by atoms with E-state index in [2.05, 4.69) is 23.9 Å². The predicted octanol–water partition coefficient (Wildman–Crippen LogP) is 4.92. The van der Waals surface area contributed by atoms with Crippen molar-refractivity contribution in [2.75, 3.05) is 11.4 Å². The van der Waals surface area contributed by atoms with Crippen LogP contribution in [0.25, 0.3) is 39.4 Å². The molecule has 3 heterocycles. The van der Waals surface area contributed by atoms with Crippen molar-refractivity contribution in [2.45, 2.75) is 12.8 Å². The van der Waals surface area contributed by atoms with Gasteiger partial charge in [-0.1, -0.05) is 90.6 Å². The zero-order valence-electron chi connectivity index (χ0n) is 24.2. The first kappa shape index (κ1) is 30.2. The van der Waals surface area contributed by atoms with Crippen molar-refractivity contribution < 1.29 is 17.5 Å². The third kappa shape index (κ3) is 6.25. The molecule has 0 saturated heterocycles. The Labute approximate surface area is 269 Å². The Balaban J connectivity index is 1.56. The molecule has 2 aromatic heterocycles. The summed E-state index contributed by atoms with van der Waals surface area (Å²) in [6.45, 7) is 2.92. The molecule has 10 heteroatoms. The van der Waals surface area contributed by atoms with Crippen LogP contribution in [0.15, 0.2) is 108 Å². The Morgan fingerprint density at radius 2 is 1.60 bits per heavy atom. The second-order valence-electron chi connectivity index (χ2n) is 10.1. The van der Waals surface area contributed by atoms with Crippen LogP contribution in [0.4, 0.5) is 5.69 Å². The van der Waals surface area contributed by atoms with Crippen molar-refractivity contribution in [2.24, 2.45) is 0 Å². The molecule has 1 aliphatic rings. The van der Waals surface area contributed by atoms with E-state index in [1.165, 1.54) is 27.2 Å². The van der Waals surface area contributed by atoms with Gasteiger partial charge in [0.15, 0.2) is 0 Å². The van der Waals surface area contributed by atoms with E-state index in [0.717, 1.165) is 39.4 Å². The van der Waals surface area contributed by atoms with Crippen LogP contribution < -0.4 is 24.2 Å². The van der Waals surface area contributed by atoms with Crippen LogP contribution in [-0.2, 0) is 16.0 Å². The van der Waals surface area contributed by atoms with E-state index in [4.69, 9.17) is 6.42 Å². The number of hydrogen-bond acceptors (Lipinski definition) is 6. The van der Waals surface area contributed by atoms with Crippen LogP contribution >= 0.6 is 22.7 Å². The lowest BCUT2D eigenvalue weighted by Gasteiger charge is -2.26. The van der Waals surface area contributed by atoms with E-state index in [9.17, 15) is 17.8 Å². The number of allylic oxidation sites excluding steroid dienone is 3. The Kier molecular flexibility index (Phi) is 8.52. The number of aromatic nitrogens is 2. The maximum Gasteiger partial charge on any atom is 0.326 e. The highest BCUT2D eigenvalue weighted by Gasteiger charge is 2.31. The Bertz CT molecular complexity index is 2290. The maximum absolute atomic E-state index is 13.4. The van der Waals surface area contributed by atoms with Crippen LogP contribution in [0.2, 0.25) is 0 Å². The van der Waals surface area contributed by atoms with Crippen LogP contribution in [-0.4, -0.2) is 24.1 Å². The standard InChI is InChI=1S/C35H27N3O4S3/c1-3-36-22-21-25(28-17-11-12-18-29(28)36)19-20-30-35(39)37(4-2)31(43-30)23-32-38(24-45(40,41)42)33(26-13-7-5-8-14-26)34(44-32)27-15-9-6-10-16-27/h2,5-23H,3,24H2,1H3/p+1/b25-19+,30-20?. The lowest BCUT2D eigenvalue weighted by Crippen LogP contribution is -2.41. The summed E-state index contributed by atoms with van der Waals surface area (Å²) in [5, 5.41) is 0.504. The van der Waals surface area contributed by atoms with Gasteiger partial charge in [0.25, 0.3) is 16.4 Å². The van der Waals surface area contributed by atoms with Gasteiger partial charge in [0, 0.05) is 35.6 Å². The van der Waals surface area contributed by atoms with Gasteiger partial charge in [-0.05, 0) is 48.4 Å². The van der Waals surface area contributed by atoms with E-state index in [-0.39, 0.29) is 5.56 Å². The summed E-state index contributed by atoms with van der Waals surface area (Å²) in [5.74, 6) is -0.677. The molecule has 1 N–H and O–H groups in total. The molecule has 0 spiro atoms. The van der Waals surface area contributed by atoms with Crippen molar-refractivity contribution in [3.05, 3.63) is 133 Å². The fraction of sp³-hybridized carbons (Fsp3) is 0.0857. The largest absolute Gasteiger partial charge is 0.348 e. The first-order valence-corrected chi connectivity index (χ1v) is 17.3. The van der Waals surface area contributed by atoms with E-state index >= 15 is 0 Å². The zero-order valence-corrected chi connectivity index (χ0v) is 26.6. The minimum Gasteiger partial charge on any atom is -0.348 e. The third-order valence-corrected chi connectivity index (χ3v) is 10.1. The molecule has 0 bridgehead atoms. The molecule has 0 saturated carbocycles. The van der Waals surface area contributed by atoms with Crippen LogP contribution in [0.5, 0.6) is 0 Å². The highest BCUT2D eigenvalue weighted by Crippen LogP contribution is 2.36. The van der Waals surface area contributed by atoms with Crippen molar-refractivity contribution in [3.8, 4) is 34.2 Å². The zero-order chi connectivity index (χ0) is 31.6. The number of fused-ring (bicyclic) bond motifs is 1. The average molecular weight is 651 g/mol. The molecule has 0 unspecified atom stereocenters. The van der Waals surface area contributed by atoms with Crippen LogP contribution in [0, 0.1) is 12.5 Å². The van der Waals surface area contributed by atoms with Crippen molar-refractivity contribution in [1.82, 2.24) is 4.57 Å². The molecule has 0 radical (unpaired) electrons. The number of benzene rings is 3. The van der Waals surface area contributed by atoms with E-state index in [0.29, 0.717) is 19.9 Å². The van der Waals surface area contributed by atoms with Gasteiger partial charge in [0.1, 0.15) is 9.54 Å². The number of para-hydroxylation sites is 1. The first-order valence-electron chi connectivity index (χ1n) is 14.1.